The fraction of sp³-hybridized carbons (Fsp3) is 0.600. The van der Waals surface area contributed by atoms with Gasteiger partial charge >= 0.3 is 0 Å². The Bertz CT molecular complexity index is 358. The van der Waals surface area contributed by atoms with Crippen molar-refractivity contribution in [2.45, 2.75) is 19.6 Å². The highest BCUT2D eigenvalue weighted by Crippen LogP contribution is 2.20. The first-order valence-electron chi connectivity index (χ1n) is 6.77. The van der Waals surface area contributed by atoms with Gasteiger partial charge < -0.3 is 15.2 Å². The molecule has 0 saturated carbocycles. The molecule has 1 unspecified atom stereocenters. The smallest absolute Gasteiger partial charge is 0.0713 e. The van der Waals surface area contributed by atoms with Crippen molar-refractivity contribution in [1.82, 2.24) is 4.90 Å². The molecule has 0 aromatic heterocycles. The van der Waals surface area contributed by atoms with Crippen LogP contribution in [0.25, 0.3) is 0 Å². The summed E-state index contributed by atoms with van der Waals surface area (Å²) in [4.78, 5) is 2.34. The van der Waals surface area contributed by atoms with Crippen molar-refractivity contribution in [2.24, 2.45) is 5.73 Å². The van der Waals surface area contributed by atoms with Crippen molar-refractivity contribution in [3.8, 4) is 0 Å². The highest BCUT2D eigenvalue weighted by molar-refractivity contribution is 5.26. The molecule has 4 heteroatoms. The minimum absolute atomic E-state index is 0.233. The molecular formula is C15H26N2O2. The van der Waals surface area contributed by atoms with Gasteiger partial charge in [-0.2, -0.15) is 0 Å². The van der Waals surface area contributed by atoms with E-state index in [2.05, 4.69) is 36.1 Å². The molecule has 108 valence electrons. The van der Waals surface area contributed by atoms with Crippen LogP contribution in [0, 0.1) is 0 Å². The quantitative estimate of drug-likeness (QED) is 0.740. The molecule has 0 amide bonds. The SMILES string of the molecule is CCN(CCOC)C(CN)c1cccc(COC)c1. The normalized spacial score (nSPS) is 12.9. The third kappa shape index (κ3) is 4.91. The maximum Gasteiger partial charge on any atom is 0.0713 e. The molecule has 1 aromatic rings. The monoisotopic (exact) mass is 266 g/mol. The predicted octanol–water partition coefficient (Wildman–Crippen LogP) is 1.80. The largest absolute Gasteiger partial charge is 0.383 e. The minimum Gasteiger partial charge on any atom is -0.383 e. The molecule has 19 heavy (non-hydrogen) atoms. The Morgan fingerprint density at radius 2 is 2.05 bits per heavy atom. The van der Waals surface area contributed by atoms with Crippen LogP contribution in [0.4, 0.5) is 0 Å². The molecule has 1 rings (SSSR count). The van der Waals surface area contributed by atoms with E-state index in [9.17, 15) is 0 Å². The summed E-state index contributed by atoms with van der Waals surface area (Å²) in [5, 5.41) is 0. The molecule has 0 aliphatic rings. The number of nitrogens with two attached hydrogens (primary N) is 1. The summed E-state index contributed by atoms with van der Waals surface area (Å²) in [6.45, 7) is 5.96. The van der Waals surface area contributed by atoms with Crippen LogP contribution in [0.15, 0.2) is 24.3 Å². The zero-order chi connectivity index (χ0) is 14.1. The molecule has 0 radical (unpaired) electrons. The number of nitrogens with zero attached hydrogens (tertiary/aromatic N) is 1. The second-order valence-corrected chi connectivity index (χ2v) is 4.55. The Morgan fingerprint density at radius 1 is 1.26 bits per heavy atom. The lowest BCUT2D eigenvalue weighted by atomic mass is 10.0. The summed E-state index contributed by atoms with van der Waals surface area (Å²) in [6.07, 6.45) is 0. The Hall–Kier alpha value is -0.940. The third-order valence-electron chi connectivity index (χ3n) is 3.30. The Morgan fingerprint density at radius 3 is 2.63 bits per heavy atom. The van der Waals surface area contributed by atoms with E-state index < -0.39 is 0 Å². The summed E-state index contributed by atoms with van der Waals surface area (Å²) >= 11 is 0. The standard InChI is InChI=1S/C15H26N2O2/c1-4-17(8-9-18-2)15(11-16)14-7-5-6-13(10-14)12-19-3/h5-7,10,15H,4,8-9,11-12,16H2,1-3H3. The van der Waals surface area contributed by atoms with Gasteiger partial charge in [0.15, 0.2) is 0 Å². The third-order valence-corrected chi connectivity index (χ3v) is 3.30. The lowest BCUT2D eigenvalue weighted by Crippen LogP contribution is -2.36. The first-order chi connectivity index (χ1) is 9.26. The zero-order valence-electron chi connectivity index (χ0n) is 12.3. The van der Waals surface area contributed by atoms with Gasteiger partial charge in [0.1, 0.15) is 0 Å². The number of methoxy groups -OCH3 is 2. The molecule has 0 aliphatic heterocycles. The van der Waals surface area contributed by atoms with E-state index in [1.807, 2.05) is 0 Å². The molecule has 4 nitrogen and oxygen atoms in total. The van der Waals surface area contributed by atoms with Gasteiger partial charge in [-0.1, -0.05) is 31.2 Å². The van der Waals surface area contributed by atoms with Gasteiger partial charge in [0.05, 0.1) is 13.2 Å². The molecule has 0 bridgehead atoms. The van der Waals surface area contributed by atoms with Gasteiger partial charge in [0.25, 0.3) is 0 Å². The minimum atomic E-state index is 0.233. The lowest BCUT2D eigenvalue weighted by Gasteiger charge is -2.30. The highest BCUT2D eigenvalue weighted by atomic mass is 16.5. The topological polar surface area (TPSA) is 47.7 Å². The summed E-state index contributed by atoms with van der Waals surface area (Å²) in [5.74, 6) is 0. The summed E-state index contributed by atoms with van der Waals surface area (Å²) in [5.41, 5.74) is 8.39. The van der Waals surface area contributed by atoms with Gasteiger partial charge in [0.2, 0.25) is 0 Å². The molecule has 0 heterocycles. The average molecular weight is 266 g/mol. The highest BCUT2D eigenvalue weighted by Gasteiger charge is 2.17. The first kappa shape index (κ1) is 16.1. The Labute approximate surface area is 116 Å². The average Bonchev–Trinajstić information content (AvgIpc) is 2.44. The van der Waals surface area contributed by atoms with Crippen LogP contribution < -0.4 is 5.73 Å². The van der Waals surface area contributed by atoms with Gasteiger partial charge in [0, 0.05) is 33.4 Å². The van der Waals surface area contributed by atoms with Gasteiger partial charge in [-0.05, 0) is 17.7 Å². The Balaban J connectivity index is 2.84. The van der Waals surface area contributed by atoms with E-state index in [1.54, 1.807) is 14.2 Å². The second-order valence-electron chi connectivity index (χ2n) is 4.55. The first-order valence-corrected chi connectivity index (χ1v) is 6.77. The van der Waals surface area contributed by atoms with Crippen LogP contribution in [0.1, 0.15) is 24.1 Å². The van der Waals surface area contributed by atoms with E-state index in [1.165, 1.54) is 11.1 Å². The number of hydrogen-bond donors (Lipinski definition) is 1. The van der Waals surface area contributed by atoms with Crippen molar-refractivity contribution in [1.29, 1.82) is 0 Å². The number of ether oxygens (including phenoxy) is 2. The van der Waals surface area contributed by atoms with E-state index in [0.717, 1.165) is 19.7 Å². The maximum absolute atomic E-state index is 5.96. The van der Waals surface area contributed by atoms with Crippen molar-refractivity contribution in [2.75, 3.05) is 40.5 Å². The molecule has 1 aromatic carbocycles. The van der Waals surface area contributed by atoms with Crippen molar-refractivity contribution < 1.29 is 9.47 Å². The number of hydrogen-bond acceptors (Lipinski definition) is 4. The summed E-state index contributed by atoms with van der Waals surface area (Å²) in [6, 6.07) is 8.68. The second kappa shape index (κ2) is 9.04. The predicted molar refractivity (Wildman–Crippen MR) is 78.1 cm³/mol. The lowest BCUT2D eigenvalue weighted by molar-refractivity contribution is 0.125. The fourth-order valence-electron chi connectivity index (χ4n) is 2.30. The van der Waals surface area contributed by atoms with Gasteiger partial charge in [-0.3, -0.25) is 4.90 Å². The van der Waals surface area contributed by atoms with Crippen LogP contribution in [-0.2, 0) is 16.1 Å². The van der Waals surface area contributed by atoms with Crippen molar-refractivity contribution in [3.05, 3.63) is 35.4 Å². The molecule has 0 fully saturated rings. The summed E-state index contributed by atoms with van der Waals surface area (Å²) < 4.78 is 10.3. The Kier molecular flexibility index (Phi) is 7.67. The molecule has 2 N–H and O–H groups in total. The maximum atomic E-state index is 5.96. The van der Waals surface area contributed by atoms with Crippen molar-refractivity contribution in [3.63, 3.8) is 0 Å². The molecule has 0 aliphatic carbocycles. The fourth-order valence-corrected chi connectivity index (χ4v) is 2.30. The van der Waals surface area contributed by atoms with Crippen LogP contribution in [0.2, 0.25) is 0 Å². The summed E-state index contributed by atoms with van der Waals surface area (Å²) in [7, 11) is 3.44. The van der Waals surface area contributed by atoms with Crippen LogP contribution in [0.5, 0.6) is 0 Å². The number of benzene rings is 1. The van der Waals surface area contributed by atoms with Crippen LogP contribution in [0.3, 0.4) is 0 Å². The van der Waals surface area contributed by atoms with Crippen LogP contribution in [-0.4, -0.2) is 45.4 Å². The van der Waals surface area contributed by atoms with Crippen molar-refractivity contribution >= 4 is 0 Å². The molecule has 0 spiro atoms. The molecular weight excluding hydrogens is 240 g/mol. The van der Waals surface area contributed by atoms with Gasteiger partial charge in [-0.25, -0.2) is 0 Å². The van der Waals surface area contributed by atoms with Gasteiger partial charge in [-0.15, -0.1) is 0 Å². The van der Waals surface area contributed by atoms with E-state index >= 15 is 0 Å². The molecule has 0 saturated heterocycles. The van der Waals surface area contributed by atoms with E-state index in [0.29, 0.717) is 13.2 Å². The van der Waals surface area contributed by atoms with E-state index in [4.69, 9.17) is 15.2 Å². The zero-order valence-corrected chi connectivity index (χ0v) is 12.3. The van der Waals surface area contributed by atoms with Crippen LogP contribution >= 0.6 is 0 Å². The van der Waals surface area contributed by atoms with E-state index in [-0.39, 0.29) is 6.04 Å². The molecule has 1 atom stereocenters. The number of likely N-dealkylation sites (N-methyl/N-ethyl adjacent to an activating group) is 1. The number of rotatable bonds is 9.